The lowest BCUT2D eigenvalue weighted by atomic mass is 9.81. The number of ether oxygens (including phenoxy) is 2. The summed E-state index contributed by atoms with van der Waals surface area (Å²) < 4.78 is 28.3. The van der Waals surface area contributed by atoms with E-state index in [1.54, 1.807) is 11.1 Å². The van der Waals surface area contributed by atoms with Crippen molar-refractivity contribution >= 4 is 28.0 Å². The Hall–Kier alpha value is -2.91. The fraction of sp³-hybridized carbons (Fsp3) is 0.391. The van der Waals surface area contributed by atoms with Crippen LogP contribution < -0.4 is 9.46 Å². The molecular formula is C23H26N4O4S. The number of benzene rings is 2. The van der Waals surface area contributed by atoms with Gasteiger partial charge in [-0.05, 0) is 19.1 Å². The second kappa shape index (κ2) is 8.55. The van der Waals surface area contributed by atoms with Gasteiger partial charge < -0.3 is 14.4 Å². The zero-order valence-electron chi connectivity index (χ0n) is 17.9. The maximum atomic E-state index is 13.4. The molecule has 1 fully saturated rings. The van der Waals surface area contributed by atoms with Crippen molar-refractivity contribution in [3.63, 3.8) is 0 Å². The molecule has 3 aromatic rings. The topological polar surface area (TPSA) is 96.5 Å². The Kier molecular flexibility index (Phi) is 5.60. The standard InChI is InChI=1S/C23H26N4O4S/c1-2-30-22(28)27-12-10-23(11-13-27)14-18(17-7-3-4-8-19(17)31-23)26-32(29)20-9-5-6-16-15-24-25-21(16)20/h3-9,15,18,26H,2,10-14H2,1H3,(H,24,25)/t18-,32?/m0/s1. The number of nitrogens with one attached hydrogen (secondary N) is 2. The predicted octanol–water partition coefficient (Wildman–Crippen LogP) is 3.69. The number of carbonyl (C=O) groups excluding carboxylic acids is 1. The van der Waals surface area contributed by atoms with Gasteiger partial charge in [0.15, 0.2) is 0 Å². The van der Waals surface area contributed by atoms with Crippen LogP contribution in [-0.2, 0) is 15.7 Å². The van der Waals surface area contributed by atoms with Gasteiger partial charge in [0.25, 0.3) is 0 Å². The minimum atomic E-state index is -1.44. The minimum absolute atomic E-state index is 0.145. The summed E-state index contributed by atoms with van der Waals surface area (Å²) in [5.74, 6) is 0.803. The van der Waals surface area contributed by atoms with E-state index in [2.05, 4.69) is 14.9 Å². The number of hydrogen-bond donors (Lipinski definition) is 2. The SMILES string of the molecule is CCOC(=O)N1CCC2(CC1)C[C@H](NS(=O)c1cccc3cn[nH]c13)c1ccccc1O2. The molecule has 2 aromatic carbocycles. The van der Waals surface area contributed by atoms with Crippen molar-refractivity contribution in [3.8, 4) is 5.75 Å². The predicted molar refractivity (Wildman–Crippen MR) is 121 cm³/mol. The second-order valence-corrected chi connectivity index (χ2v) is 9.46. The molecule has 2 aliphatic heterocycles. The number of nitrogens with zero attached hydrogens (tertiary/aromatic N) is 2. The van der Waals surface area contributed by atoms with Crippen LogP contribution in [0.4, 0.5) is 4.79 Å². The molecule has 3 heterocycles. The number of rotatable bonds is 4. The normalized spacial score (nSPS) is 20.5. The molecule has 32 heavy (non-hydrogen) atoms. The van der Waals surface area contributed by atoms with Crippen molar-refractivity contribution in [2.45, 2.75) is 42.7 Å². The summed E-state index contributed by atoms with van der Waals surface area (Å²) >= 11 is 0. The van der Waals surface area contributed by atoms with Crippen LogP contribution in [0.2, 0.25) is 0 Å². The Balaban J connectivity index is 1.38. The third kappa shape index (κ3) is 3.86. The maximum absolute atomic E-state index is 13.4. The number of carbonyl (C=O) groups is 1. The number of H-pyrrole nitrogens is 1. The minimum Gasteiger partial charge on any atom is -0.487 e. The fourth-order valence-electron chi connectivity index (χ4n) is 4.63. The average molecular weight is 455 g/mol. The summed E-state index contributed by atoms with van der Waals surface area (Å²) in [6.07, 6.45) is 3.52. The highest BCUT2D eigenvalue weighted by atomic mass is 32.2. The molecule has 8 nitrogen and oxygen atoms in total. The third-order valence-electron chi connectivity index (χ3n) is 6.29. The summed E-state index contributed by atoms with van der Waals surface area (Å²) in [7, 11) is -1.44. The van der Waals surface area contributed by atoms with Crippen LogP contribution in [-0.4, -0.2) is 50.7 Å². The van der Waals surface area contributed by atoms with E-state index in [4.69, 9.17) is 9.47 Å². The Morgan fingerprint density at radius 3 is 2.91 bits per heavy atom. The smallest absolute Gasteiger partial charge is 0.409 e. The van der Waals surface area contributed by atoms with Crippen LogP contribution in [0.3, 0.4) is 0 Å². The zero-order chi connectivity index (χ0) is 22.1. The van der Waals surface area contributed by atoms with E-state index in [-0.39, 0.29) is 12.1 Å². The maximum Gasteiger partial charge on any atom is 0.409 e. The Labute approximate surface area is 188 Å². The average Bonchev–Trinajstić information content (AvgIpc) is 3.28. The lowest BCUT2D eigenvalue weighted by Gasteiger charge is -2.46. The van der Waals surface area contributed by atoms with Crippen LogP contribution in [0.15, 0.2) is 53.6 Å². The van der Waals surface area contributed by atoms with Gasteiger partial charge in [0.2, 0.25) is 0 Å². The molecule has 5 rings (SSSR count). The van der Waals surface area contributed by atoms with Crippen LogP contribution in [0.25, 0.3) is 10.9 Å². The number of aromatic nitrogens is 2. The zero-order valence-corrected chi connectivity index (χ0v) is 18.7. The van der Waals surface area contributed by atoms with E-state index in [0.29, 0.717) is 43.9 Å². The van der Waals surface area contributed by atoms with Crippen molar-refractivity contribution in [3.05, 3.63) is 54.2 Å². The molecule has 0 aliphatic carbocycles. The van der Waals surface area contributed by atoms with Crippen molar-refractivity contribution in [1.29, 1.82) is 0 Å². The van der Waals surface area contributed by atoms with Crippen LogP contribution >= 0.6 is 0 Å². The highest BCUT2D eigenvalue weighted by Gasteiger charge is 2.44. The van der Waals surface area contributed by atoms with Gasteiger partial charge >= 0.3 is 6.09 Å². The number of likely N-dealkylation sites (tertiary alicyclic amines) is 1. The monoisotopic (exact) mass is 454 g/mol. The lowest BCUT2D eigenvalue weighted by Crippen LogP contribution is -2.53. The van der Waals surface area contributed by atoms with E-state index >= 15 is 0 Å². The van der Waals surface area contributed by atoms with E-state index < -0.39 is 16.6 Å². The molecule has 168 valence electrons. The number of para-hydroxylation sites is 2. The lowest BCUT2D eigenvalue weighted by molar-refractivity contribution is -0.0218. The largest absolute Gasteiger partial charge is 0.487 e. The quantitative estimate of drug-likeness (QED) is 0.627. The van der Waals surface area contributed by atoms with E-state index in [1.165, 1.54) is 0 Å². The van der Waals surface area contributed by atoms with Gasteiger partial charge in [0.1, 0.15) is 22.3 Å². The first-order valence-electron chi connectivity index (χ1n) is 10.9. The summed E-state index contributed by atoms with van der Waals surface area (Å²) in [4.78, 5) is 14.5. The fourth-order valence-corrected chi connectivity index (χ4v) is 5.78. The summed E-state index contributed by atoms with van der Waals surface area (Å²) in [5, 5.41) is 7.96. The van der Waals surface area contributed by atoms with Crippen LogP contribution in [0.1, 0.15) is 37.8 Å². The van der Waals surface area contributed by atoms with Crippen molar-refractivity contribution in [2.24, 2.45) is 0 Å². The van der Waals surface area contributed by atoms with Crippen LogP contribution in [0, 0.1) is 0 Å². The molecule has 1 amide bonds. The van der Waals surface area contributed by atoms with E-state index in [0.717, 1.165) is 22.2 Å². The molecule has 2 atom stereocenters. The third-order valence-corrected chi connectivity index (χ3v) is 7.52. The van der Waals surface area contributed by atoms with Gasteiger partial charge in [-0.2, -0.15) is 5.10 Å². The number of amides is 1. The Bertz CT molecular complexity index is 1160. The molecule has 1 unspecified atom stereocenters. The Morgan fingerprint density at radius 2 is 2.09 bits per heavy atom. The molecule has 2 N–H and O–H groups in total. The van der Waals surface area contributed by atoms with Gasteiger partial charge in [0.05, 0.1) is 29.3 Å². The van der Waals surface area contributed by atoms with Crippen molar-refractivity contribution in [1.82, 2.24) is 19.8 Å². The molecular weight excluding hydrogens is 428 g/mol. The molecule has 0 radical (unpaired) electrons. The van der Waals surface area contributed by atoms with Gasteiger partial charge in [-0.1, -0.05) is 30.3 Å². The molecule has 0 bridgehead atoms. The van der Waals surface area contributed by atoms with Gasteiger partial charge in [0, 0.05) is 43.3 Å². The molecule has 0 saturated carbocycles. The van der Waals surface area contributed by atoms with Gasteiger partial charge in [-0.25, -0.2) is 13.7 Å². The summed E-state index contributed by atoms with van der Waals surface area (Å²) in [6, 6.07) is 13.4. The Morgan fingerprint density at radius 1 is 1.28 bits per heavy atom. The molecule has 1 saturated heterocycles. The summed E-state index contributed by atoms with van der Waals surface area (Å²) in [6.45, 7) is 3.32. The van der Waals surface area contributed by atoms with Crippen LogP contribution in [0.5, 0.6) is 5.75 Å². The first-order valence-corrected chi connectivity index (χ1v) is 12.0. The highest BCUT2D eigenvalue weighted by Crippen LogP contribution is 2.44. The van der Waals surface area contributed by atoms with E-state index in [1.807, 2.05) is 49.4 Å². The molecule has 1 aromatic heterocycles. The first kappa shape index (κ1) is 21.0. The number of fused-ring (bicyclic) bond motifs is 2. The van der Waals surface area contributed by atoms with Crippen molar-refractivity contribution < 1.29 is 18.5 Å². The molecule has 2 aliphatic rings. The van der Waals surface area contributed by atoms with Crippen molar-refractivity contribution in [2.75, 3.05) is 19.7 Å². The second-order valence-electron chi connectivity index (χ2n) is 8.24. The highest BCUT2D eigenvalue weighted by molar-refractivity contribution is 7.83. The number of aromatic amines is 1. The molecule has 9 heteroatoms. The summed E-state index contributed by atoms with van der Waals surface area (Å²) in [5.41, 5.74) is 1.35. The molecule has 1 spiro atoms. The number of piperidine rings is 1. The van der Waals surface area contributed by atoms with E-state index in [9.17, 15) is 9.00 Å². The van der Waals surface area contributed by atoms with Gasteiger partial charge in [-0.3, -0.25) is 5.10 Å². The van der Waals surface area contributed by atoms with Gasteiger partial charge in [-0.15, -0.1) is 0 Å². The first-order chi connectivity index (χ1) is 15.6. The number of hydrogen-bond acceptors (Lipinski definition) is 5.